The van der Waals surface area contributed by atoms with Crippen LogP contribution in [0.25, 0.3) is 10.2 Å². The Morgan fingerprint density at radius 3 is 2.48 bits per heavy atom. The van der Waals surface area contributed by atoms with Gasteiger partial charge in [0.15, 0.2) is 0 Å². The Balaban J connectivity index is 1.46. The van der Waals surface area contributed by atoms with Crippen molar-refractivity contribution in [3.63, 3.8) is 0 Å². The van der Waals surface area contributed by atoms with Gasteiger partial charge in [-0.3, -0.25) is 9.69 Å². The van der Waals surface area contributed by atoms with Crippen LogP contribution in [0.4, 0.5) is 5.69 Å². The van der Waals surface area contributed by atoms with Crippen molar-refractivity contribution in [2.45, 2.75) is 6.54 Å². The molecule has 0 bridgehead atoms. The number of nitrogens with zero attached hydrogens (tertiary/aromatic N) is 2. The molecule has 7 heteroatoms. The smallest absolute Gasteiger partial charge is 0.305 e. The minimum Gasteiger partial charge on any atom is -0.367 e. The fraction of sp³-hybridized carbons (Fsp3) is 0.278. The number of nitrogens with one attached hydrogen (secondary N) is 1. The van der Waals surface area contributed by atoms with Crippen molar-refractivity contribution in [2.75, 3.05) is 31.1 Å². The van der Waals surface area contributed by atoms with Crippen molar-refractivity contribution in [3.8, 4) is 0 Å². The van der Waals surface area contributed by atoms with Gasteiger partial charge >= 0.3 is 4.87 Å². The van der Waals surface area contributed by atoms with E-state index in [1.54, 1.807) is 6.07 Å². The Morgan fingerprint density at radius 2 is 1.76 bits per heavy atom. The largest absolute Gasteiger partial charge is 0.367 e. The number of benzene rings is 2. The maximum Gasteiger partial charge on any atom is 0.305 e. The van der Waals surface area contributed by atoms with E-state index in [1.165, 1.54) is 11.3 Å². The molecule has 0 spiro atoms. The summed E-state index contributed by atoms with van der Waals surface area (Å²) in [6, 6.07) is 11.8. The van der Waals surface area contributed by atoms with Crippen molar-refractivity contribution in [2.24, 2.45) is 0 Å². The van der Waals surface area contributed by atoms with Gasteiger partial charge in [-0.1, -0.05) is 40.6 Å². The van der Waals surface area contributed by atoms with Gasteiger partial charge in [-0.05, 0) is 35.9 Å². The number of halogens is 2. The first-order chi connectivity index (χ1) is 12.1. The summed E-state index contributed by atoms with van der Waals surface area (Å²) in [6.07, 6.45) is 0. The lowest BCUT2D eigenvalue weighted by atomic mass is 10.2. The number of para-hydroxylation sites is 1. The fourth-order valence-corrected chi connectivity index (χ4v) is 4.66. The second-order valence-electron chi connectivity index (χ2n) is 6.21. The molecule has 4 rings (SSSR count). The minimum absolute atomic E-state index is 0.000999. The third-order valence-corrected chi connectivity index (χ3v) is 5.76. The van der Waals surface area contributed by atoms with Crippen molar-refractivity contribution in [3.05, 3.63) is 61.7 Å². The molecule has 3 aromatic rings. The van der Waals surface area contributed by atoms with Gasteiger partial charge in [-0.2, -0.15) is 0 Å². The van der Waals surface area contributed by atoms with Crippen LogP contribution >= 0.6 is 34.5 Å². The van der Waals surface area contributed by atoms with E-state index < -0.39 is 0 Å². The first-order valence-corrected chi connectivity index (χ1v) is 9.70. The molecule has 25 heavy (non-hydrogen) atoms. The van der Waals surface area contributed by atoms with E-state index in [1.807, 2.05) is 24.3 Å². The highest BCUT2D eigenvalue weighted by molar-refractivity contribution is 7.16. The van der Waals surface area contributed by atoms with Crippen molar-refractivity contribution < 1.29 is 0 Å². The van der Waals surface area contributed by atoms with Gasteiger partial charge in [0, 0.05) is 42.8 Å². The highest BCUT2D eigenvalue weighted by Gasteiger charge is 2.19. The third-order valence-electron chi connectivity index (χ3n) is 4.48. The first-order valence-electron chi connectivity index (χ1n) is 8.12. The topological polar surface area (TPSA) is 39.3 Å². The van der Waals surface area contributed by atoms with Crippen LogP contribution in [0.15, 0.2) is 41.2 Å². The van der Waals surface area contributed by atoms with Gasteiger partial charge in [0.2, 0.25) is 0 Å². The van der Waals surface area contributed by atoms with E-state index in [4.69, 9.17) is 23.2 Å². The number of aromatic amines is 1. The predicted octanol–water partition coefficient (Wildman–Crippen LogP) is 4.22. The average molecular weight is 394 g/mol. The maximum absolute atomic E-state index is 11.6. The zero-order valence-electron chi connectivity index (χ0n) is 13.5. The number of hydrogen-bond acceptors (Lipinski definition) is 4. The number of H-pyrrole nitrogens is 1. The summed E-state index contributed by atoms with van der Waals surface area (Å²) in [6.45, 7) is 4.59. The molecule has 1 N–H and O–H groups in total. The monoisotopic (exact) mass is 393 g/mol. The van der Waals surface area contributed by atoms with Crippen LogP contribution < -0.4 is 9.77 Å². The van der Waals surface area contributed by atoms with Gasteiger partial charge < -0.3 is 9.88 Å². The van der Waals surface area contributed by atoms with Crippen molar-refractivity contribution >= 4 is 50.4 Å². The Hall–Kier alpha value is -1.53. The fourth-order valence-electron chi connectivity index (χ4n) is 3.33. The normalized spacial score (nSPS) is 15.8. The summed E-state index contributed by atoms with van der Waals surface area (Å²) in [5.41, 5.74) is 3.20. The molecule has 0 radical (unpaired) electrons. The second kappa shape index (κ2) is 7.00. The van der Waals surface area contributed by atoms with Gasteiger partial charge in [0.05, 0.1) is 15.9 Å². The lowest BCUT2D eigenvalue weighted by molar-refractivity contribution is 0.250. The maximum atomic E-state index is 11.6. The zero-order chi connectivity index (χ0) is 17.4. The number of piperazine rings is 1. The van der Waals surface area contributed by atoms with E-state index in [0.717, 1.165) is 54.2 Å². The highest BCUT2D eigenvalue weighted by Crippen LogP contribution is 2.27. The van der Waals surface area contributed by atoms with Crippen molar-refractivity contribution in [1.29, 1.82) is 0 Å². The zero-order valence-corrected chi connectivity index (χ0v) is 15.8. The van der Waals surface area contributed by atoms with Gasteiger partial charge in [0.25, 0.3) is 0 Å². The quantitative estimate of drug-likeness (QED) is 0.723. The Labute approximate surface area is 159 Å². The van der Waals surface area contributed by atoms with Crippen LogP contribution in [-0.4, -0.2) is 36.1 Å². The molecule has 0 unspecified atom stereocenters. The molecule has 4 nitrogen and oxygen atoms in total. The van der Waals surface area contributed by atoms with Gasteiger partial charge in [-0.15, -0.1) is 0 Å². The summed E-state index contributed by atoms with van der Waals surface area (Å²) in [5, 5.41) is 1.35. The molecule has 2 heterocycles. The van der Waals surface area contributed by atoms with E-state index in [0.29, 0.717) is 10.0 Å². The van der Waals surface area contributed by atoms with Crippen LogP contribution in [0.3, 0.4) is 0 Å². The van der Waals surface area contributed by atoms with E-state index in [2.05, 4.69) is 20.9 Å². The Kier molecular flexibility index (Phi) is 4.73. The molecule has 1 saturated heterocycles. The third kappa shape index (κ3) is 3.70. The van der Waals surface area contributed by atoms with Crippen LogP contribution in [-0.2, 0) is 6.54 Å². The number of rotatable bonds is 3. The number of anilines is 1. The molecule has 0 atom stereocenters. The standard InChI is InChI=1S/C18H17Cl2N3OS/c19-13-8-12(9-14(20)10-13)11-22-4-6-23(7-5-22)15-2-1-3-16-17(15)21-18(24)25-16/h1-3,8-10H,4-7,11H2,(H,21,24). The first kappa shape index (κ1) is 16.9. The molecule has 0 amide bonds. The van der Waals surface area contributed by atoms with E-state index >= 15 is 0 Å². The molecule has 1 aliphatic heterocycles. The van der Waals surface area contributed by atoms with Gasteiger partial charge in [0.1, 0.15) is 0 Å². The van der Waals surface area contributed by atoms with E-state index in [9.17, 15) is 4.79 Å². The number of thiazole rings is 1. The molecule has 130 valence electrons. The summed E-state index contributed by atoms with van der Waals surface area (Å²) < 4.78 is 1.01. The number of fused-ring (bicyclic) bond motifs is 1. The lowest BCUT2D eigenvalue weighted by Crippen LogP contribution is -2.46. The molecule has 1 aliphatic rings. The summed E-state index contributed by atoms with van der Waals surface area (Å²) in [4.78, 5) is 19.4. The van der Waals surface area contributed by atoms with E-state index in [-0.39, 0.29) is 4.87 Å². The number of hydrogen-bond donors (Lipinski definition) is 1. The highest BCUT2D eigenvalue weighted by atomic mass is 35.5. The van der Waals surface area contributed by atoms with Crippen molar-refractivity contribution in [1.82, 2.24) is 9.88 Å². The Morgan fingerprint density at radius 1 is 1.04 bits per heavy atom. The van der Waals surface area contributed by atoms with Crippen LogP contribution in [0.5, 0.6) is 0 Å². The SMILES string of the molecule is O=c1[nH]c2c(N3CCN(Cc4cc(Cl)cc(Cl)c4)CC3)cccc2s1. The molecule has 1 fully saturated rings. The summed E-state index contributed by atoms with van der Waals surface area (Å²) >= 11 is 13.4. The second-order valence-corrected chi connectivity index (χ2v) is 8.09. The lowest BCUT2D eigenvalue weighted by Gasteiger charge is -2.36. The van der Waals surface area contributed by atoms with Crippen LogP contribution in [0.2, 0.25) is 10.0 Å². The Bertz CT molecular complexity index is 940. The average Bonchev–Trinajstić information content (AvgIpc) is 2.95. The summed E-state index contributed by atoms with van der Waals surface area (Å²) in [5.74, 6) is 0. The minimum atomic E-state index is -0.000999. The number of aromatic nitrogens is 1. The van der Waals surface area contributed by atoms with Crippen LogP contribution in [0.1, 0.15) is 5.56 Å². The predicted molar refractivity (Wildman–Crippen MR) is 106 cm³/mol. The molecular formula is C18H17Cl2N3OS. The molecular weight excluding hydrogens is 377 g/mol. The van der Waals surface area contributed by atoms with Crippen LogP contribution in [0, 0.1) is 0 Å². The summed E-state index contributed by atoms with van der Waals surface area (Å²) in [7, 11) is 0. The molecule has 2 aromatic carbocycles. The van der Waals surface area contributed by atoms with Gasteiger partial charge in [-0.25, -0.2) is 0 Å². The molecule has 0 saturated carbocycles. The molecule has 1 aromatic heterocycles. The molecule has 0 aliphatic carbocycles.